The molecule has 1 heterocycles. The molecule has 0 amide bonds. The van der Waals surface area contributed by atoms with Crippen LogP contribution in [0.25, 0.3) is 0 Å². The van der Waals surface area contributed by atoms with Gasteiger partial charge in [0.2, 0.25) is 10.0 Å². The predicted molar refractivity (Wildman–Crippen MR) is 76.1 cm³/mol. The zero-order valence-electron chi connectivity index (χ0n) is 12.4. The van der Waals surface area contributed by atoms with Crippen molar-refractivity contribution in [1.82, 2.24) is 9.21 Å². The first-order chi connectivity index (χ1) is 8.10. The monoisotopic (exact) mass is 276 g/mol. The molecule has 0 radical (unpaired) electrons. The second-order valence-corrected chi connectivity index (χ2v) is 8.88. The van der Waals surface area contributed by atoms with Gasteiger partial charge in [0.05, 0.1) is 5.75 Å². The Bertz CT molecular complexity index is 350. The number of sulfonamides is 1. The van der Waals surface area contributed by atoms with Gasteiger partial charge in [0.15, 0.2) is 0 Å². The van der Waals surface area contributed by atoms with Crippen molar-refractivity contribution in [2.45, 2.75) is 34.6 Å². The highest BCUT2D eigenvalue weighted by atomic mass is 32.2. The third-order valence-electron chi connectivity index (χ3n) is 2.96. The van der Waals surface area contributed by atoms with Crippen molar-refractivity contribution in [3.8, 4) is 0 Å². The van der Waals surface area contributed by atoms with Crippen LogP contribution >= 0.6 is 0 Å². The molecule has 5 heteroatoms. The molecule has 0 spiro atoms. The third-order valence-corrected chi connectivity index (χ3v) is 5.35. The number of piperazine rings is 1. The van der Waals surface area contributed by atoms with Crippen molar-refractivity contribution < 1.29 is 8.42 Å². The molecule has 4 nitrogen and oxygen atoms in total. The summed E-state index contributed by atoms with van der Waals surface area (Å²) in [6, 6.07) is 0. The highest BCUT2D eigenvalue weighted by molar-refractivity contribution is 7.89. The Hall–Kier alpha value is -0.130. The van der Waals surface area contributed by atoms with E-state index in [2.05, 4.69) is 18.7 Å². The lowest BCUT2D eigenvalue weighted by Crippen LogP contribution is -2.50. The van der Waals surface area contributed by atoms with Crippen molar-refractivity contribution in [1.29, 1.82) is 0 Å². The van der Waals surface area contributed by atoms with Gasteiger partial charge >= 0.3 is 0 Å². The zero-order valence-corrected chi connectivity index (χ0v) is 13.3. The molecular formula is C13H28N2O2S. The van der Waals surface area contributed by atoms with Gasteiger partial charge < -0.3 is 4.90 Å². The van der Waals surface area contributed by atoms with E-state index in [1.165, 1.54) is 0 Å². The lowest BCUT2D eigenvalue weighted by atomic mass is 10.0. The van der Waals surface area contributed by atoms with Crippen molar-refractivity contribution >= 4 is 10.0 Å². The van der Waals surface area contributed by atoms with Crippen LogP contribution in [0.3, 0.4) is 0 Å². The molecular weight excluding hydrogens is 248 g/mol. The Balaban J connectivity index is 2.52. The maximum atomic E-state index is 12.2. The van der Waals surface area contributed by atoms with E-state index in [0.717, 1.165) is 19.6 Å². The molecule has 0 aromatic heterocycles. The molecule has 1 saturated heterocycles. The summed E-state index contributed by atoms with van der Waals surface area (Å²) >= 11 is 0. The van der Waals surface area contributed by atoms with Gasteiger partial charge in [-0.05, 0) is 11.3 Å². The van der Waals surface area contributed by atoms with Crippen LogP contribution in [0.1, 0.15) is 34.6 Å². The Morgan fingerprint density at radius 1 is 1.06 bits per heavy atom. The average Bonchev–Trinajstić information content (AvgIpc) is 2.13. The largest absolute Gasteiger partial charge is 0.300 e. The van der Waals surface area contributed by atoms with Crippen molar-refractivity contribution in [3.63, 3.8) is 0 Å². The van der Waals surface area contributed by atoms with Crippen LogP contribution < -0.4 is 0 Å². The summed E-state index contributed by atoms with van der Waals surface area (Å²) < 4.78 is 26.1. The van der Waals surface area contributed by atoms with Crippen LogP contribution in [-0.2, 0) is 10.0 Å². The summed E-state index contributed by atoms with van der Waals surface area (Å²) in [5, 5.41) is 0. The molecule has 108 valence electrons. The van der Waals surface area contributed by atoms with E-state index in [9.17, 15) is 8.42 Å². The summed E-state index contributed by atoms with van der Waals surface area (Å²) in [5.74, 6) is 0.882. The van der Waals surface area contributed by atoms with Crippen LogP contribution in [0.4, 0.5) is 0 Å². The fourth-order valence-electron chi connectivity index (χ4n) is 2.35. The van der Waals surface area contributed by atoms with Crippen LogP contribution in [0.5, 0.6) is 0 Å². The summed E-state index contributed by atoms with van der Waals surface area (Å²) in [4.78, 5) is 2.35. The molecule has 0 aromatic rings. The van der Waals surface area contributed by atoms with E-state index < -0.39 is 10.0 Å². The molecule has 0 aliphatic carbocycles. The first-order valence-corrected chi connectivity index (χ1v) is 8.41. The molecule has 0 unspecified atom stereocenters. The summed E-state index contributed by atoms with van der Waals surface area (Å²) in [6.07, 6.45) is 0. The van der Waals surface area contributed by atoms with Gasteiger partial charge in [-0.25, -0.2) is 8.42 Å². The Labute approximate surface area is 112 Å². The normalized spacial score (nSPS) is 20.6. The molecule has 1 aliphatic heterocycles. The van der Waals surface area contributed by atoms with E-state index in [4.69, 9.17) is 0 Å². The number of nitrogens with zero attached hydrogens (tertiary/aromatic N) is 2. The van der Waals surface area contributed by atoms with E-state index in [1.807, 2.05) is 20.8 Å². The lowest BCUT2D eigenvalue weighted by molar-refractivity contribution is 0.171. The number of rotatable bonds is 4. The van der Waals surface area contributed by atoms with Crippen molar-refractivity contribution in [3.05, 3.63) is 0 Å². The second-order valence-electron chi connectivity index (χ2n) is 6.91. The van der Waals surface area contributed by atoms with Gasteiger partial charge in [-0.2, -0.15) is 4.31 Å². The van der Waals surface area contributed by atoms with E-state index >= 15 is 0 Å². The van der Waals surface area contributed by atoms with Gasteiger partial charge in [-0.3, -0.25) is 0 Å². The van der Waals surface area contributed by atoms with E-state index in [1.54, 1.807) is 4.31 Å². The van der Waals surface area contributed by atoms with Crippen LogP contribution in [0.2, 0.25) is 0 Å². The topological polar surface area (TPSA) is 40.6 Å². The number of hydrogen-bond acceptors (Lipinski definition) is 3. The van der Waals surface area contributed by atoms with Crippen molar-refractivity contribution in [2.24, 2.45) is 11.3 Å². The molecule has 0 atom stereocenters. The smallest absolute Gasteiger partial charge is 0.214 e. The molecule has 0 bridgehead atoms. The van der Waals surface area contributed by atoms with Crippen molar-refractivity contribution in [2.75, 3.05) is 38.5 Å². The highest BCUT2D eigenvalue weighted by Gasteiger charge is 2.30. The average molecular weight is 276 g/mol. The maximum Gasteiger partial charge on any atom is 0.214 e. The maximum absolute atomic E-state index is 12.2. The summed E-state index contributed by atoms with van der Waals surface area (Å²) in [7, 11) is -3.09. The van der Waals surface area contributed by atoms with E-state index in [0.29, 0.717) is 19.0 Å². The minimum absolute atomic E-state index is 0.173. The third kappa shape index (κ3) is 5.24. The van der Waals surface area contributed by atoms with Gasteiger partial charge in [-0.1, -0.05) is 34.6 Å². The zero-order chi connectivity index (χ0) is 14.0. The lowest BCUT2D eigenvalue weighted by Gasteiger charge is -2.36. The first kappa shape index (κ1) is 15.9. The van der Waals surface area contributed by atoms with Gasteiger partial charge in [0.1, 0.15) is 0 Å². The molecule has 18 heavy (non-hydrogen) atoms. The van der Waals surface area contributed by atoms with Gasteiger partial charge in [0, 0.05) is 32.7 Å². The Kier molecular flexibility index (Phi) is 5.21. The summed E-state index contributed by atoms with van der Waals surface area (Å²) in [5.41, 5.74) is -0.173. The standard InChI is InChI=1S/C13H28N2O2S/c1-12(2)10-14-6-8-15(9-7-14)18(16,17)11-13(3,4)5/h12H,6-11H2,1-5H3. The Morgan fingerprint density at radius 3 is 1.94 bits per heavy atom. The molecule has 1 fully saturated rings. The fourth-order valence-corrected chi connectivity index (χ4v) is 4.34. The molecule has 1 aliphatic rings. The Morgan fingerprint density at radius 2 is 1.56 bits per heavy atom. The molecule has 0 saturated carbocycles. The van der Waals surface area contributed by atoms with E-state index in [-0.39, 0.29) is 11.2 Å². The minimum atomic E-state index is -3.09. The predicted octanol–water partition coefficient (Wildman–Crippen LogP) is 1.64. The van der Waals surface area contributed by atoms with Crippen LogP contribution in [0, 0.1) is 11.3 Å². The SMILES string of the molecule is CC(C)CN1CCN(S(=O)(=O)CC(C)(C)C)CC1. The van der Waals surface area contributed by atoms with Crippen LogP contribution in [0.15, 0.2) is 0 Å². The highest BCUT2D eigenvalue weighted by Crippen LogP contribution is 2.20. The first-order valence-electron chi connectivity index (χ1n) is 6.80. The molecule has 1 rings (SSSR count). The quantitative estimate of drug-likeness (QED) is 0.784. The van der Waals surface area contributed by atoms with Gasteiger partial charge in [0.25, 0.3) is 0 Å². The second kappa shape index (κ2) is 5.88. The molecule has 0 N–H and O–H groups in total. The van der Waals surface area contributed by atoms with Gasteiger partial charge in [-0.15, -0.1) is 0 Å². The minimum Gasteiger partial charge on any atom is -0.300 e. The van der Waals surface area contributed by atoms with Crippen LogP contribution in [-0.4, -0.2) is 56.1 Å². The summed E-state index contributed by atoms with van der Waals surface area (Å²) in [6.45, 7) is 14.4. The molecule has 0 aromatic carbocycles. The number of hydrogen-bond donors (Lipinski definition) is 0. The fraction of sp³-hybridized carbons (Fsp3) is 1.00.